The number of fused-ring (bicyclic) bond motifs is 1. The Morgan fingerprint density at radius 1 is 1.38 bits per heavy atom. The fourth-order valence-electron chi connectivity index (χ4n) is 1.46. The largest absolute Gasteiger partial charge is 0.396 e. The first-order chi connectivity index (χ1) is 7.85. The van der Waals surface area contributed by atoms with Crippen LogP contribution in [0.3, 0.4) is 0 Å². The number of carbonyl (C=O) groups is 1. The topological polar surface area (TPSA) is 50.2 Å². The summed E-state index contributed by atoms with van der Waals surface area (Å²) >= 11 is 1.39. The van der Waals surface area contributed by atoms with E-state index in [1.165, 1.54) is 11.8 Å². The lowest BCUT2D eigenvalue weighted by molar-refractivity contribution is 0.112. The molecule has 2 aromatic rings. The highest BCUT2D eigenvalue weighted by atomic mass is 32.2. The van der Waals surface area contributed by atoms with Gasteiger partial charge in [-0.3, -0.25) is 4.79 Å². The highest BCUT2D eigenvalue weighted by molar-refractivity contribution is 7.99. The molecular formula is C12H11NO2S. The third-order valence-corrected chi connectivity index (χ3v) is 3.16. The van der Waals surface area contributed by atoms with Gasteiger partial charge in [-0.1, -0.05) is 18.2 Å². The van der Waals surface area contributed by atoms with E-state index < -0.39 is 0 Å². The number of para-hydroxylation sites is 1. The van der Waals surface area contributed by atoms with Gasteiger partial charge in [0, 0.05) is 16.7 Å². The van der Waals surface area contributed by atoms with Crippen LogP contribution in [0.25, 0.3) is 10.9 Å². The summed E-state index contributed by atoms with van der Waals surface area (Å²) in [7, 11) is 0. The molecule has 0 aliphatic heterocycles. The van der Waals surface area contributed by atoms with Gasteiger partial charge in [0.2, 0.25) is 0 Å². The van der Waals surface area contributed by atoms with Gasteiger partial charge in [0.05, 0.1) is 12.1 Å². The minimum absolute atomic E-state index is 0.0808. The Hall–Kier alpha value is -1.39. The molecule has 3 nitrogen and oxygen atoms in total. The van der Waals surface area contributed by atoms with Crippen LogP contribution < -0.4 is 0 Å². The van der Waals surface area contributed by atoms with Crippen molar-refractivity contribution < 1.29 is 9.90 Å². The average Bonchev–Trinajstić information content (AvgIpc) is 2.35. The van der Waals surface area contributed by atoms with Gasteiger partial charge < -0.3 is 5.11 Å². The van der Waals surface area contributed by atoms with Gasteiger partial charge in [-0.05, 0) is 12.1 Å². The van der Waals surface area contributed by atoms with Crippen LogP contribution in [0.4, 0.5) is 0 Å². The van der Waals surface area contributed by atoms with Gasteiger partial charge in [-0.25, -0.2) is 4.98 Å². The number of pyridine rings is 1. The number of aliphatic hydroxyl groups excluding tert-OH is 1. The number of benzene rings is 1. The van der Waals surface area contributed by atoms with Gasteiger partial charge in [-0.15, -0.1) is 11.8 Å². The molecule has 0 spiro atoms. The number of rotatable bonds is 4. The van der Waals surface area contributed by atoms with E-state index in [0.29, 0.717) is 16.3 Å². The third-order valence-electron chi connectivity index (χ3n) is 2.17. The molecule has 4 heteroatoms. The van der Waals surface area contributed by atoms with Gasteiger partial charge in [0.25, 0.3) is 0 Å². The zero-order chi connectivity index (χ0) is 11.4. The Balaban J connectivity index is 2.49. The van der Waals surface area contributed by atoms with Crippen molar-refractivity contribution in [3.63, 3.8) is 0 Å². The summed E-state index contributed by atoms with van der Waals surface area (Å²) in [6, 6.07) is 9.49. The van der Waals surface area contributed by atoms with E-state index in [0.717, 1.165) is 17.2 Å². The molecule has 1 aromatic heterocycles. The molecule has 0 amide bonds. The maximum absolute atomic E-state index is 10.9. The smallest absolute Gasteiger partial charge is 0.152 e. The SMILES string of the molecule is O=Cc1cc2ccccc2nc1SCCO. The quantitative estimate of drug-likeness (QED) is 0.649. The fourth-order valence-corrected chi connectivity index (χ4v) is 2.18. The average molecular weight is 233 g/mol. The lowest BCUT2D eigenvalue weighted by Gasteiger charge is -2.04. The highest BCUT2D eigenvalue weighted by Gasteiger charge is 2.06. The van der Waals surface area contributed by atoms with Gasteiger partial charge in [-0.2, -0.15) is 0 Å². The Bertz CT molecular complexity index is 513. The van der Waals surface area contributed by atoms with Crippen LogP contribution in [0.1, 0.15) is 10.4 Å². The first kappa shape index (κ1) is 11.1. The van der Waals surface area contributed by atoms with Crippen LogP contribution >= 0.6 is 11.8 Å². The lowest BCUT2D eigenvalue weighted by Crippen LogP contribution is -1.94. The normalized spacial score (nSPS) is 10.6. The molecule has 0 fully saturated rings. The molecule has 82 valence electrons. The highest BCUT2D eigenvalue weighted by Crippen LogP contribution is 2.23. The number of aromatic nitrogens is 1. The zero-order valence-corrected chi connectivity index (χ0v) is 9.41. The van der Waals surface area contributed by atoms with Gasteiger partial charge >= 0.3 is 0 Å². The molecule has 1 N–H and O–H groups in total. The van der Waals surface area contributed by atoms with E-state index in [-0.39, 0.29) is 6.61 Å². The van der Waals surface area contributed by atoms with E-state index in [2.05, 4.69) is 4.98 Å². The van der Waals surface area contributed by atoms with E-state index in [1.807, 2.05) is 30.3 Å². The Morgan fingerprint density at radius 2 is 2.19 bits per heavy atom. The summed E-state index contributed by atoms with van der Waals surface area (Å²) in [5.41, 5.74) is 1.45. The van der Waals surface area contributed by atoms with Crippen LogP contribution in [0.2, 0.25) is 0 Å². The summed E-state index contributed by atoms with van der Waals surface area (Å²) in [6.45, 7) is 0.0808. The summed E-state index contributed by atoms with van der Waals surface area (Å²) in [5, 5.41) is 10.4. The number of carbonyl (C=O) groups excluding carboxylic acids is 1. The van der Waals surface area contributed by atoms with Crippen molar-refractivity contribution in [2.75, 3.05) is 12.4 Å². The van der Waals surface area contributed by atoms with Crippen molar-refractivity contribution in [1.29, 1.82) is 0 Å². The van der Waals surface area contributed by atoms with E-state index in [1.54, 1.807) is 0 Å². The van der Waals surface area contributed by atoms with Gasteiger partial charge in [0.15, 0.2) is 6.29 Å². The predicted octanol–water partition coefficient (Wildman–Crippen LogP) is 2.13. The molecule has 16 heavy (non-hydrogen) atoms. The number of hydrogen-bond acceptors (Lipinski definition) is 4. The van der Waals surface area contributed by atoms with Crippen molar-refractivity contribution in [3.05, 3.63) is 35.9 Å². The number of hydrogen-bond donors (Lipinski definition) is 1. The second-order valence-corrected chi connectivity index (χ2v) is 4.35. The van der Waals surface area contributed by atoms with Crippen molar-refractivity contribution >= 4 is 29.0 Å². The molecule has 0 aliphatic rings. The molecule has 1 aromatic carbocycles. The Kier molecular flexibility index (Phi) is 3.54. The predicted molar refractivity (Wildman–Crippen MR) is 64.9 cm³/mol. The molecule has 2 rings (SSSR count). The van der Waals surface area contributed by atoms with Crippen LogP contribution in [0, 0.1) is 0 Å². The van der Waals surface area contributed by atoms with Crippen molar-refractivity contribution in [1.82, 2.24) is 4.98 Å². The zero-order valence-electron chi connectivity index (χ0n) is 8.59. The Morgan fingerprint density at radius 3 is 2.94 bits per heavy atom. The van der Waals surface area contributed by atoms with Crippen molar-refractivity contribution in [2.45, 2.75) is 5.03 Å². The monoisotopic (exact) mass is 233 g/mol. The number of nitrogens with zero attached hydrogens (tertiary/aromatic N) is 1. The summed E-state index contributed by atoms with van der Waals surface area (Å²) in [4.78, 5) is 15.3. The van der Waals surface area contributed by atoms with Crippen LogP contribution in [0.5, 0.6) is 0 Å². The Labute approximate surface area is 97.5 Å². The number of thioether (sulfide) groups is 1. The van der Waals surface area contributed by atoms with E-state index in [9.17, 15) is 4.79 Å². The molecule has 0 saturated heterocycles. The molecule has 1 heterocycles. The lowest BCUT2D eigenvalue weighted by atomic mass is 10.2. The number of aldehydes is 1. The molecule has 0 aliphatic carbocycles. The first-order valence-corrected chi connectivity index (χ1v) is 5.92. The number of aliphatic hydroxyl groups is 1. The molecule has 0 unspecified atom stereocenters. The molecule has 0 saturated carbocycles. The second kappa shape index (κ2) is 5.09. The van der Waals surface area contributed by atoms with Crippen LogP contribution in [-0.2, 0) is 0 Å². The van der Waals surface area contributed by atoms with Crippen LogP contribution in [0.15, 0.2) is 35.4 Å². The first-order valence-electron chi connectivity index (χ1n) is 4.94. The van der Waals surface area contributed by atoms with E-state index >= 15 is 0 Å². The molecule has 0 bridgehead atoms. The molecule has 0 radical (unpaired) electrons. The van der Waals surface area contributed by atoms with Crippen molar-refractivity contribution in [3.8, 4) is 0 Å². The summed E-state index contributed by atoms with van der Waals surface area (Å²) in [5.74, 6) is 0.548. The van der Waals surface area contributed by atoms with Crippen molar-refractivity contribution in [2.24, 2.45) is 0 Å². The molecular weight excluding hydrogens is 222 g/mol. The summed E-state index contributed by atoms with van der Waals surface area (Å²) < 4.78 is 0. The van der Waals surface area contributed by atoms with Gasteiger partial charge in [0.1, 0.15) is 5.03 Å². The fraction of sp³-hybridized carbons (Fsp3) is 0.167. The van der Waals surface area contributed by atoms with Crippen LogP contribution in [-0.4, -0.2) is 28.7 Å². The minimum atomic E-state index is 0.0808. The minimum Gasteiger partial charge on any atom is -0.396 e. The maximum Gasteiger partial charge on any atom is 0.152 e. The maximum atomic E-state index is 10.9. The second-order valence-electron chi connectivity index (χ2n) is 3.27. The van der Waals surface area contributed by atoms with E-state index in [4.69, 9.17) is 5.11 Å². The molecule has 0 atom stereocenters. The third kappa shape index (κ3) is 2.23. The summed E-state index contributed by atoms with van der Waals surface area (Å²) in [6.07, 6.45) is 0.805. The standard InChI is InChI=1S/C12H11NO2S/c14-5-6-16-12-10(8-15)7-9-3-1-2-4-11(9)13-12/h1-4,7-8,14H,5-6H2.